The van der Waals surface area contributed by atoms with Crippen molar-refractivity contribution in [3.05, 3.63) is 0 Å². The van der Waals surface area contributed by atoms with Crippen LogP contribution in [0.2, 0.25) is 0 Å². The van der Waals surface area contributed by atoms with Crippen LogP contribution in [0.3, 0.4) is 0 Å². The number of hydrogen-bond donors (Lipinski definition) is 3. The van der Waals surface area contributed by atoms with E-state index in [0.29, 0.717) is 12.8 Å². The average Bonchev–Trinajstić information content (AvgIpc) is 3.20. The van der Waals surface area contributed by atoms with Crippen LogP contribution < -0.4 is 5.32 Å². The van der Waals surface area contributed by atoms with E-state index < -0.39 is 12.1 Å². The van der Waals surface area contributed by atoms with Gasteiger partial charge < -0.3 is 15.5 Å². The summed E-state index contributed by atoms with van der Waals surface area (Å²) >= 11 is 0. The third-order valence-corrected chi connectivity index (χ3v) is 12.6. The first-order valence-corrected chi connectivity index (χ1v) is 26.2. The van der Waals surface area contributed by atoms with E-state index >= 15 is 0 Å². The molecule has 0 aliphatic heterocycles. The van der Waals surface area contributed by atoms with Gasteiger partial charge in [-0.1, -0.05) is 290 Å². The van der Waals surface area contributed by atoms with Crippen molar-refractivity contribution in [3.8, 4) is 0 Å². The number of aliphatic hydroxyl groups is 2. The molecule has 0 aromatic heterocycles. The molecular formula is C52H105NO3. The van der Waals surface area contributed by atoms with Crippen molar-refractivity contribution in [3.63, 3.8) is 0 Å². The molecule has 4 nitrogen and oxygen atoms in total. The summed E-state index contributed by atoms with van der Waals surface area (Å²) in [6, 6.07) is -0.530. The van der Waals surface area contributed by atoms with Gasteiger partial charge in [-0.2, -0.15) is 0 Å². The predicted molar refractivity (Wildman–Crippen MR) is 249 cm³/mol. The van der Waals surface area contributed by atoms with Crippen molar-refractivity contribution in [2.45, 2.75) is 321 Å². The molecule has 0 saturated carbocycles. The fraction of sp³-hybridized carbons (Fsp3) is 0.981. The number of hydrogen-bond acceptors (Lipinski definition) is 3. The molecule has 0 aliphatic rings. The summed E-state index contributed by atoms with van der Waals surface area (Å²) in [5.74, 6) is -0.0228. The molecule has 0 saturated heterocycles. The zero-order valence-corrected chi connectivity index (χ0v) is 38.7. The Hall–Kier alpha value is -0.610. The highest BCUT2D eigenvalue weighted by molar-refractivity contribution is 5.76. The molecule has 4 heteroatoms. The van der Waals surface area contributed by atoms with Crippen LogP contribution in [0.5, 0.6) is 0 Å². The number of carbonyl (C=O) groups is 1. The van der Waals surface area contributed by atoms with E-state index in [1.165, 1.54) is 257 Å². The van der Waals surface area contributed by atoms with Crippen molar-refractivity contribution < 1.29 is 15.0 Å². The summed E-state index contributed by atoms with van der Waals surface area (Å²) in [7, 11) is 0. The summed E-state index contributed by atoms with van der Waals surface area (Å²) in [6.45, 7) is 4.40. The van der Waals surface area contributed by atoms with E-state index in [1.54, 1.807) is 0 Å². The van der Waals surface area contributed by atoms with Crippen molar-refractivity contribution >= 4 is 5.91 Å². The lowest BCUT2D eigenvalue weighted by atomic mass is 10.0. The first-order chi connectivity index (χ1) is 27.7. The lowest BCUT2D eigenvalue weighted by Gasteiger charge is -2.22. The van der Waals surface area contributed by atoms with Gasteiger partial charge in [0.25, 0.3) is 0 Å². The molecule has 2 unspecified atom stereocenters. The standard InChI is InChI=1S/C52H105NO3/c1-3-5-7-9-11-13-15-17-19-21-23-24-25-26-27-28-30-32-34-36-38-40-42-44-46-48-52(56)53-50(49-54)51(55)47-45-43-41-39-37-35-33-31-29-22-20-18-16-14-12-10-8-6-4-2/h50-51,54-55H,3-49H2,1-2H3,(H,53,56). The number of carbonyl (C=O) groups excluding carboxylic acids is 1. The summed E-state index contributed by atoms with van der Waals surface area (Å²) < 4.78 is 0. The van der Waals surface area contributed by atoms with Crippen LogP contribution in [0, 0.1) is 0 Å². The molecule has 1 amide bonds. The molecule has 0 radical (unpaired) electrons. The van der Waals surface area contributed by atoms with Gasteiger partial charge in [0.2, 0.25) is 5.91 Å². The van der Waals surface area contributed by atoms with Gasteiger partial charge >= 0.3 is 0 Å². The number of rotatable bonds is 49. The van der Waals surface area contributed by atoms with Crippen LogP contribution >= 0.6 is 0 Å². The molecule has 336 valence electrons. The van der Waals surface area contributed by atoms with Gasteiger partial charge in [0.1, 0.15) is 0 Å². The van der Waals surface area contributed by atoms with Gasteiger partial charge in [0.05, 0.1) is 18.8 Å². The number of unbranched alkanes of at least 4 members (excludes halogenated alkanes) is 42. The molecule has 3 N–H and O–H groups in total. The number of nitrogens with one attached hydrogen (secondary N) is 1. The predicted octanol–water partition coefficient (Wildman–Crippen LogP) is 16.8. The fourth-order valence-electron chi connectivity index (χ4n) is 8.60. The molecule has 0 heterocycles. The SMILES string of the molecule is CCCCCCCCCCCCCCCCCCCCCCCCCCCC(=O)NC(CO)C(O)CCCCCCCCCCCCCCCCCCCCC. The van der Waals surface area contributed by atoms with Crippen LogP contribution in [-0.2, 0) is 4.79 Å². The molecule has 2 atom stereocenters. The maximum absolute atomic E-state index is 12.5. The Morgan fingerprint density at radius 2 is 0.571 bits per heavy atom. The Morgan fingerprint density at radius 1 is 0.357 bits per heavy atom. The van der Waals surface area contributed by atoms with E-state index in [9.17, 15) is 15.0 Å². The van der Waals surface area contributed by atoms with Crippen LogP contribution in [0.1, 0.15) is 309 Å². The second-order valence-corrected chi connectivity index (χ2v) is 18.3. The zero-order valence-electron chi connectivity index (χ0n) is 38.7. The second kappa shape index (κ2) is 48.8. The highest BCUT2D eigenvalue weighted by Crippen LogP contribution is 2.18. The van der Waals surface area contributed by atoms with E-state index in [0.717, 1.165) is 25.7 Å². The maximum Gasteiger partial charge on any atom is 0.220 e. The van der Waals surface area contributed by atoms with Crippen molar-refractivity contribution in [1.82, 2.24) is 5.32 Å². The van der Waals surface area contributed by atoms with Gasteiger partial charge in [-0.05, 0) is 12.8 Å². The van der Waals surface area contributed by atoms with Crippen LogP contribution in [0.4, 0.5) is 0 Å². The van der Waals surface area contributed by atoms with E-state index in [4.69, 9.17) is 0 Å². The molecule has 0 aliphatic carbocycles. The van der Waals surface area contributed by atoms with Gasteiger partial charge in [-0.15, -0.1) is 0 Å². The van der Waals surface area contributed by atoms with Gasteiger partial charge in [-0.3, -0.25) is 4.79 Å². The van der Waals surface area contributed by atoms with Crippen LogP contribution in [0.25, 0.3) is 0 Å². The zero-order chi connectivity index (χ0) is 40.7. The third-order valence-electron chi connectivity index (χ3n) is 12.6. The Bertz CT molecular complexity index is 729. The Balaban J connectivity index is 3.41. The minimum absolute atomic E-state index is 0.0228. The number of amides is 1. The summed E-state index contributed by atoms with van der Waals surface area (Å²) in [4.78, 5) is 12.5. The second-order valence-electron chi connectivity index (χ2n) is 18.3. The Labute approximate surface area is 353 Å². The summed E-state index contributed by atoms with van der Waals surface area (Å²) in [6.07, 6.45) is 60.7. The average molecular weight is 792 g/mol. The molecular weight excluding hydrogens is 687 g/mol. The first kappa shape index (κ1) is 55.4. The molecule has 0 spiro atoms. The molecule has 56 heavy (non-hydrogen) atoms. The van der Waals surface area contributed by atoms with Gasteiger partial charge in [-0.25, -0.2) is 0 Å². The van der Waals surface area contributed by atoms with Crippen LogP contribution in [-0.4, -0.2) is 34.9 Å². The Morgan fingerprint density at radius 3 is 0.804 bits per heavy atom. The quantitative estimate of drug-likeness (QED) is 0.0538. The number of aliphatic hydroxyl groups excluding tert-OH is 2. The lowest BCUT2D eigenvalue weighted by molar-refractivity contribution is -0.123. The summed E-state index contributed by atoms with van der Waals surface area (Å²) in [5.41, 5.74) is 0. The fourth-order valence-corrected chi connectivity index (χ4v) is 8.60. The topological polar surface area (TPSA) is 69.6 Å². The Kier molecular flexibility index (Phi) is 48.2. The van der Waals surface area contributed by atoms with Crippen molar-refractivity contribution in [2.75, 3.05) is 6.61 Å². The van der Waals surface area contributed by atoms with Crippen LogP contribution in [0.15, 0.2) is 0 Å². The largest absolute Gasteiger partial charge is 0.394 e. The lowest BCUT2D eigenvalue weighted by Crippen LogP contribution is -2.45. The molecule has 0 aromatic rings. The molecule has 0 fully saturated rings. The normalized spacial score (nSPS) is 12.7. The summed E-state index contributed by atoms with van der Waals surface area (Å²) in [5, 5.41) is 23.3. The highest BCUT2D eigenvalue weighted by Gasteiger charge is 2.20. The molecule has 0 rings (SSSR count). The maximum atomic E-state index is 12.5. The van der Waals surface area contributed by atoms with E-state index in [2.05, 4.69) is 19.2 Å². The molecule has 0 aromatic carbocycles. The van der Waals surface area contributed by atoms with Gasteiger partial charge in [0, 0.05) is 6.42 Å². The smallest absolute Gasteiger partial charge is 0.220 e. The first-order valence-electron chi connectivity index (χ1n) is 26.2. The minimum Gasteiger partial charge on any atom is -0.394 e. The van der Waals surface area contributed by atoms with Crippen molar-refractivity contribution in [2.24, 2.45) is 0 Å². The van der Waals surface area contributed by atoms with E-state index in [1.807, 2.05) is 0 Å². The highest BCUT2D eigenvalue weighted by atomic mass is 16.3. The monoisotopic (exact) mass is 792 g/mol. The minimum atomic E-state index is -0.654. The molecule has 0 bridgehead atoms. The third kappa shape index (κ3) is 44.5. The van der Waals surface area contributed by atoms with E-state index in [-0.39, 0.29) is 12.5 Å². The van der Waals surface area contributed by atoms with Gasteiger partial charge in [0.15, 0.2) is 0 Å². The van der Waals surface area contributed by atoms with Crippen molar-refractivity contribution in [1.29, 1.82) is 0 Å².